The lowest BCUT2D eigenvalue weighted by Gasteiger charge is -2.19. The largest absolute Gasteiger partial charge is 0.472 e. The van der Waals surface area contributed by atoms with Crippen molar-refractivity contribution >= 4 is 19.8 Å². The minimum Gasteiger partial charge on any atom is -0.462 e. The molecule has 0 aliphatic carbocycles. The zero-order chi connectivity index (χ0) is 29.0. The number of quaternary nitrogens is 1. The molecule has 1 unspecified atom stereocenters. The highest BCUT2D eigenvalue weighted by molar-refractivity contribution is 7.47. The Morgan fingerprint density at radius 3 is 1.74 bits per heavy atom. The minimum atomic E-state index is -4.31. The molecule has 10 heteroatoms. The van der Waals surface area contributed by atoms with E-state index in [0.717, 1.165) is 25.7 Å². The second-order valence-corrected chi connectivity index (χ2v) is 11.7. The van der Waals surface area contributed by atoms with E-state index in [2.05, 4.69) is 19.6 Å². The van der Waals surface area contributed by atoms with E-state index in [0.29, 0.717) is 19.4 Å². The molecule has 0 amide bonds. The fourth-order valence-electron chi connectivity index (χ4n) is 4.10. The molecule has 0 saturated heterocycles. The van der Waals surface area contributed by atoms with Crippen LogP contribution in [0.1, 0.15) is 135 Å². The van der Waals surface area contributed by atoms with Crippen molar-refractivity contribution in [2.24, 2.45) is 0 Å². The normalized spacial score (nSPS) is 13.6. The predicted octanol–water partition coefficient (Wildman–Crippen LogP) is 6.47. The highest BCUT2D eigenvalue weighted by Gasteiger charge is 2.26. The van der Waals surface area contributed by atoms with Crippen LogP contribution in [0.15, 0.2) is 0 Å². The van der Waals surface area contributed by atoms with E-state index in [4.69, 9.17) is 18.5 Å². The maximum absolute atomic E-state index is 12.3. The monoisotopic (exact) mass is 579 g/mol. The molecule has 39 heavy (non-hydrogen) atoms. The van der Waals surface area contributed by atoms with Gasteiger partial charge in [-0.1, -0.05) is 103 Å². The third-order valence-corrected chi connectivity index (χ3v) is 7.40. The predicted molar refractivity (Wildman–Crippen MR) is 154 cm³/mol. The van der Waals surface area contributed by atoms with Gasteiger partial charge in [-0.3, -0.25) is 18.6 Å². The summed E-state index contributed by atoms with van der Waals surface area (Å²) < 4.78 is 32.2. The topological polar surface area (TPSA) is 136 Å². The molecule has 0 saturated carbocycles. The first-order chi connectivity index (χ1) is 18.8. The lowest BCUT2D eigenvalue weighted by Crippen LogP contribution is -2.52. The third kappa shape index (κ3) is 27.0. The summed E-state index contributed by atoms with van der Waals surface area (Å²) in [6, 6.07) is 0. The SMILES string of the molecule is [CH2-]CCCCC(=O)OC[C@H](COP(=O)(O)OCC[NH3+])OC(=O)CCCCCCCCCCCCCCCCC. The highest BCUT2D eigenvalue weighted by atomic mass is 31.2. The van der Waals surface area contributed by atoms with Crippen LogP contribution < -0.4 is 5.73 Å². The summed E-state index contributed by atoms with van der Waals surface area (Å²) in [4.78, 5) is 34.0. The van der Waals surface area contributed by atoms with Gasteiger partial charge in [0.15, 0.2) is 6.10 Å². The molecule has 0 bridgehead atoms. The number of carbonyl (C=O) groups excluding carboxylic acids is 2. The van der Waals surface area contributed by atoms with E-state index in [-0.39, 0.29) is 26.1 Å². The van der Waals surface area contributed by atoms with Gasteiger partial charge in [-0.15, -0.1) is 0 Å². The first-order valence-electron chi connectivity index (χ1n) is 15.4. The Bertz CT molecular complexity index is 634. The van der Waals surface area contributed by atoms with Crippen molar-refractivity contribution in [1.29, 1.82) is 0 Å². The maximum Gasteiger partial charge on any atom is 0.472 e. The van der Waals surface area contributed by atoms with E-state index in [1.807, 2.05) is 0 Å². The first kappa shape index (κ1) is 38.0. The van der Waals surface area contributed by atoms with Crippen molar-refractivity contribution in [2.75, 3.05) is 26.4 Å². The summed E-state index contributed by atoms with van der Waals surface area (Å²) in [5.41, 5.74) is 3.54. The molecule has 0 radical (unpaired) electrons. The summed E-state index contributed by atoms with van der Waals surface area (Å²) in [7, 11) is -4.31. The standard InChI is InChI=1S/C29H57NO8P/c1-3-5-7-8-9-10-11-12-13-14-15-16-17-18-20-22-29(32)38-27(25-35-28(31)21-19-6-4-2)26-37-39(33,34)36-24-23-30/h27H,2-26,30H2,1H3,(H,33,34)/q-1/p+1/t27-/m1/s1. The Balaban J connectivity index is 4.09. The number of rotatable bonds is 29. The smallest absolute Gasteiger partial charge is 0.462 e. The Hall–Kier alpha value is -0.990. The van der Waals surface area contributed by atoms with Gasteiger partial charge in [-0.25, -0.2) is 4.57 Å². The van der Waals surface area contributed by atoms with Crippen LogP contribution in [-0.2, 0) is 32.7 Å². The number of phosphoric acid groups is 1. The van der Waals surface area contributed by atoms with Crippen LogP contribution in [0.3, 0.4) is 0 Å². The van der Waals surface area contributed by atoms with Gasteiger partial charge in [0.1, 0.15) is 13.2 Å². The second kappa shape index (κ2) is 27.2. The number of carbonyl (C=O) groups is 2. The average molecular weight is 580 g/mol. The molecule has 0 spiro atoms. The number of unbranched alkanes of at least 4 members (excludes halogenated alkanes) is 16. The van der Waals surface area contributed by atoms with Gasteiger partial charge in [-0.05, 0) is 12.8 Å². The first-order valence-corrected chi connectivity index (χ1v) is 16.9. The fourth-order valence-corrected chi connectivity index (χ4v) is 4.89. The lowest BCUT2D eigenvalue weighted by molar-refractivity contribution is -0.371. The molecule has 0 heterocycles. The number of esters is 2. The van der Waals surface area contributed by atoms with Gasteiger partial charge in [-0.2, -0.15) is 6.42 Å². The Labute approximate surface area is 237 Å². The van der Waals surface area contributed by atoms with Crippen LogP contribution in [0.25, 0.3) is 0 Å². The van der Waals surface area contributed by atoms with Crippen molar-refractivity contribution in [2.45, 2.75) is 141 Å². The highest BCUT2D eigenvalue weighted by Crippen LogP contribution is 2.43. The van der Waals surface area contributed by atoms with Gasteiger partial charge < -0.3 is 27.0 Å². The molecule has 0 rings (SSSR count). The van der Waals surface area contributed by atoms with Crippen LogP contribution in [0.5, 0.6) is 0 Å². The Morgan fingerprint density at radius 1 is 0.744 bits per heavy atom. The van der Waals surface area contributed by atoms with Crippen LogP contribution in [0, 0.1) is 6.92 Å². The van der Waals surface area contributed by atoms with E-state index < -0.39 is 32.5 Å². The molecule has 4 N–H and O–H groups in total. The third-order valence-electron chi connectivity index (χ3n) is 6.42. The molecule has 0 aromatic heterocycles. The maximum atomic E-state index is 12.3. The fraction of sp³-hybridized carbons (Fsp3) is 0.897. The van der Waals surface area contributed by atoms with Crippen molar-refractivity contribution in [3.05, 3.63) is 6.92 Å². The van der Waals surface area contributed by atoms with Gasteiger partial charge in [0.25, 0.3) is 0 Å². The minimum absolute atomic E-state index is 0.0430. The molecule has 0 aliphatic heterocycles. The van der Waals surface area contributed by atoms with Crippen molar-refractivity contribution in [1.82, 2.24) is 0 Å². The zero-order valence-electron chi connectivity index (χ0n) is 24.7. The van der Waals surface area contributed by atoms with E-state index in [1.165, 1.54) is 77.0 Å². The van der Waals surface area contributed by atoms with E-state index in [9.17, 15) is 19.0 Å². The number of hydrogen-bond donors (Lipinski definition) is 2. The van der Waals surface area contributed by atoms with Gasteiger partial charge >= 0.3 is 19.8 Å². The molecule has 0 aliphatic rings. The average Bonchev–Trinajstić information content (AvgIpc) is 2.91. The van der Waals surface area contributed by atoms with Crippen molar-refractivity contribution in [3.8, 4) is 0 Å². The molecule has 9 nitrogen and oxygen atoms in total. The van der Waals surface area contributed by atoms with Crippen LogP contribution in [0.2, 0.25) is 0 Å². The van der Waals surface area contributed by atoms with Crippen molar-refractivity contribution < 1.29 is 43.3 Å². The Kier molecular flexibility index (Phi) is 26.5. The lowest BCUT2D eigenvalue weighted by atomic mass is 10.0. The number of ether oxygens (including phenoxy) is 2. The van der Waals surface area contributed by atoms with Crippen LogP contribution in [-0.4, -0.2) is 49.3 Å². The molecule has 0 fully saturated rings. The second-order valence-electron chi connectivity index (χ2n) is 10.3. The summed E-state index contributed by atoms with van der Waals surface area (Å²) in [5.74, 6) is -0.870. The van der Waals surface area contributed by atoms with Gasteiger partial charge in [0.2, 0.25) is 0 Å². The van der Waals surface area contributed by atoms with Gasteiger partial charge in [0.05, 0.1) is 13.2 Å². The van der Waals surface area contributed by atoms with E-state index >= 15 is 0 Å². The summed E-state index contributed by atoms with van der Waals surface area (Å²) >= 11 is 0. The van der Waals surface area contributed by atoms with Gasteiger partial charge in [0, 0.05) is 12.8 Å². The number of phosphoric ester groups is 1. The summed E-state index contributed by atoms with van der Waals surface area (Å²) in [6.07, 6.45) is 20.3. The summed E-state index contributed by atoms with van der Waals surface area (Å²) in [5, 5.41) is 0. The quantitative estimate of drug-likeness (QED) is 0.0445. The molecule has 0 aromatic carbocycles. The van der Waals surface area contributed by atoms with E-state index in [1.54, 1.807) is 0 Å². The van der Waals surface area contributed by atoms with Crippen LogP contribution in [0.4, 0.5) is 0 Å². The molecule has 0 aromatic rings. The molecular formula is C29H58NO8P. The number of hydrogen-bond acceptors (Lipinski definition) is 7. The Morgan fingerprint density at radius 2 is 1.23 bits per heavy atom. The molecular weight excluding hydrogens is 521 g/mol. The van der Waals surface area contributed by atoms with Crippen LogP contribution >= 0.6 is 7.82 Å². The summed E-state index contributed by atoms with van der Waals surface area (Å²) in [6.45, 7) is 5.59. The zero-order valence-corrected chi connectivity index (χ0v) is 25.6. The molecule has 232 valence electrons. The van der Waals surface area contributed by atoms with Crippen molar-refractivity contribution in [3.63, 3.8) is 0 Å². The molecule has 2 atom stereocenters.